The minimum absolute atomic E-state index is 0.159. The molecule has 0 aliphatic rings. The van der Waals surface area contributed by atoms with Crippen molar-refractivity contribution in [3.8, 4) is 16.9 Å². The molecule has 0 fully saturated rings. The van der Waals surface area contributed by atoms with E-state index < -0.39 is 0 Å². The second-order valence-electron chi connectivity index (χ2n) is 4.94. The SMILES string of the molecule is COc1ccccc1C(=O)n1ccc(-c2ccc(Cl)c(Cl)c2)c1. The van der Waals surface area contributed by atoms with Crippen LogP contribution in [0.5, 0.6) is 5.75 Å². The van der Waals surface area contributed by atoms with Gasteiger partial charge in [0.2, 0.25) is 0 Å². The van der Waals surface area contributed by atoms with Crippen LogP contribution in [0.2, 0.25) is 10.0 Å². The van der Waals surface area contributed by atoms with E-state index in [1.165, 1.54) is 4.57 Å². The van der Waals surface area contributed by atoms with Gasteiger partial charge in [-0.15, -0.1) is 0 Å². The maximum Gasteiger partial charge on any atom is 0.265 e. The van der Waals surface area contributed by atoms with E-state index in [0.717, 1.165) is 11.1 Å². The monoisotopic (exact) mass is 345 g/mol. The van der Waals surface area contributed by atoms with Crippen LogP contribution >= 0.6 is 23.2 Å². The van der Waals surface area contributed by atoms with E-state index in [1.807, 2.05) is 18.2 Å². The van der Waals surface area contributed by atoms with Crippen LogP contribution in [-0.2, 0) is 0 Å². The molecule has 3 nitrogen and oxygen atoms in total. The molecule has 0 saturated heterocycles. The maximum absolute atomic E-state index is 12.6. The van der Waals surface area contributed by atoms with Crippen LogP contribution in [-0.4, -0.2) is 17.6 Å². The van der Waals surface area contributed by atoms with Gasteiger partial charge in [-0.1, -0.05) is 41.4 Å². The number of rotatable bonds is 3. The number of para-hydroxylation sites is 1. The minimum atomic E-state index is -0.159. The van der Waals surface area contributed by atoms with Crippen molar-refractivity contribution in [2.45, 2.75) is 0 Å². The Balaban J connectivity index is 1.95. The van der Waals surface area contributed by atoms with Crippen LogP contribution in [0.4, 0.5) is 0 Å². The normalized spacial score (nSPS) is 10.6. The van der Waals surface area contributed by atoms with Gasteiger partial charge in [-0.3, -0.25) is 9.36 Å². The van der Waals surface area contributed by atoms with E-state index in [2.05, 4.69) is 0 Å². The smallest absolute Gasteiger partial charge is 0.265 e. The highest BCUT2D eigenvalue weighted by Gasteiger charge is 2.14. The highest BCUT2D eigenvalue weighted by atomic mass is 35.5. The second kappa shape index (κ2) is 6.49. The molecular weight excluding hydrogens is 333 g/mol. The van der Waals surface area contributed by atoms with Gasteiger partial charge in [0, 0.05) is 12.4 Å². The molecule has 0 aliphatic carbocycles. The molecule has 3 aromatic rings. The van der Waals surface area contributed by atoms with Crippen molar-refractivity contribution in [1.29, 1.82) is 0 Å². The van der Waals surface area contributed by atoms with E-state index in [1.54, 1.807) is 49.8 Å². The highest BCUT2D eigenvalue weighted by molar-refractivity contribution is 6.42. The van der Waals surface area contributed by atoms with Crippen LogP contribution in [0.15, 0.2) is 60.9 Å². The van der Waals surface area contributed by atoms with E-state index in [0.29, 0.717) is 21.4 Å². The summed E-state index contributed by atoms with van der Waals surface area (Å²) in [6, 6.07) is 14.4. The number of carbonyl (C=O) groups excluding carboxylic acids is 1. The van der Waals surface area contributed by atoms with E-state index in [-0.39, 0.29) is 5.91 Å². The molecule has 3 rings (SSSR count). The van der Waals surface area contributed by atoms with Gasteiger partial charge in [-0.05, 0) is 41.5 Å². The number of carbonyl (C=O) groups is 1. The standard InChI is InChI=1S/C18H13Cl2NO2/c1-23-17-5-3-2-4-14(17)18(22)21-9-8-13(11-21)12-6-7-15(19)16(20)10-12/h2-11H,1H3. The van der Waals surface area contributed by atoms with Crippen molar-refractivity contribution < 1.29 is 9.53 Å². The molecule has 0 bridgehead atoms. The average Bonchev–Trinajstić information content (AvgIpc) is 3.06. The number of aromatic nitrogens is 1. The predicted octanol–water partition coefficient (Wildman–Crippen LogP) is 5.16. The van der Waals surface area contributed by atoms with Crippen LogP contribution in [0.3, 0.4) is 0 Å². The zero-order chi connectivity index (χ0) is 16.4. The Labute approximate surface area is 144 Å². The van der Waals surface area contributed by atoms with Gasteiger partial charge in [-0.25, -0.2) is 0 Å². The van der Waals surface area contributed by atoms with Gasteiger partial charge in [-0.2, -0.15) is 0 Å². The molecule has 0 unspecified atom stereocenters. The second-order valence-corrected chi connectivity index (χ2v) is 5.76. The van der Waals surface area contributed by atoms with Crippen LogP contribution in [0.25, 0.3) is 11.1 Å². The Bertz CT molecular complexity index is 871. The number of ether oxygens (including phenoxy) is 1. The van der Waals surface area contributed by atoms with Crippen molar-refractivity contribution in [3.63, 3.8) is 0 Å². The Hall–Kier alpha value is -2.23. The van der Waals surface area contributed by atoms with Gasteiger partial charge < -0.3 is 4.74 Å². The fourth-order valence-corrected chi connectivity index (χ4v) is 2.63. The summed E-state index contributed by atoms with van der Waals surface area (Å²) >= 11 is 12.0. The topological polar surface area (TPSA) is 31.2 Å². The van der Waals surface area contributed by atoms with Crippen molar-refractivity contribution in [1.82, 2.24) is 4.57 Å². The van der Waals surface area contributed by atoms with Crippen LogP contribution in [0.1, 0.15) is 10.4 Å². The first-order valence-electron chi connectivity index (χ1n) is 6.91. The predicted molar refractivity (Wildman–Crippen MR) is 92.6 cm³/mol. The Morgan fingerprint density at radius 1 is 1.00 bits per heavy atom. The third-order valence-electron chi connectivity index (χ3n) is 3.52. The molecule has 0 spiro atoms. The van der Waals surface area contributed by atoms with Crippen molar-refractivity contribution in [2.24, 2.45) is 0 Å². The number of nitrogens with zero attached hydrogens (tertiary/aromatic N) is 1. The Morgan fingerprint density at radius 2 is 1.78 bits per heavy atom. The first-order valence-corrected chi connectivity index (χ1v) is 7.67. The molecule has 116 valence electrons. The molecule has 23 heavy (non-hydrogen) atoms. The number of benzene rings is 2. The molecule has 1 aromatic heterocycles. The number of hydrogen-bond donors (Lipinski definition) is 0. The molecule has 0 atom stereocenters. The zero-order valence-electron chi connectivity index (χ0n) is 12.3. The molecule has 5 heteroatoms. The Kier molecular flexibility index (Phi) is 4.42. The summed E-state index contributed by atoms with van der Waals surface area (Å²) in [7, 11) is 1.54. The zero-order valence-corrected chi connectivity index (χ0v) is 13.8. The molecule has 0 aliphatic heterocycles. The van der Waals surface area contributed by atoms with Gasteiger partial charge in [0.25, 0.3) is 5.91 Å². The lowest BCUT2D eigenvalue weighted by Crippen LogP contribution is -2.10. The molecule has 0 N–H and O–H groups in total. The van der Waals surface area contributed by atoms with E-state index >= 15 is 0 Å². The first kappa shape index (κ1) is 15.7. The van der Waals surface area contributed by atoms with Gasteiger partial charge >= 0.3 is 0 Å². The number of methoxy groups -OCH3 is 1. The summed E-state index contributed by atoms with van der Waals surface area (Å²) in [6.45, 7) is 0. The van der Waals surface area contributed by atoms with E-state index in [4.69, 9.17) is 27.9 Å². The summed E-state index contributed by atoms with van der Waals surface area (Å²) in [5.41, 5.74) is 2.28. The third-order valence-corrected chi connectivity index (χ3v) is 4.26. The molecule has 0 amide bonds. The largest absolute Gasteiger partial charge is 0.496 e. The number of hydrogen-bond acceptors (Lipinski definition) is 2. The van der Waals surface area contributed by atoms with Gasteiger partial charge in [0.05, 0.1) is 22.7 Å². The fourth-order valence-electron chi connectivity index (χ4n) is 2.33. The summed E-state index contributed by atoms with van der Waals surface area (Å²) in [4.78, 5) is 12.6. The minimum Gasteiger partial charge on any atom is -0.496 e. The maximum atomic E-state index is 12.6. The Morgan fingerprint density at radius 3 is 2.52 bits per heavy atom. The lowest BCUT2D eigenvalue weighted by Gasteiger charge is -2.07. The highest BCUT2D eigenvalue weighted by Crippen LogP contribution is 2.29. The summed E-state index contributed by atoms with van der Waals surface area (Å²) < 4.78 is 6.77. The van der Waals surface area contributed by atoms with Crippen LogP contribution in [0, 0.1) is 0 Å². The third kappa shape index (κ3) is 3.11. The quantitative estimate of drug-likeness (QED) is 0.656. The van der Waals surface area contributed by atoms with Gasteiger partial charge in [0.1, 0.15) is 5.75 Å². The lowest BCUT2D eigenvalue weighted by molar-refractivity contribution is 0.0957. The summed E-state index contributed by atoms with van der Waals surface area (Å²) in [5.74, 6) is 0.385. The average molecular weight is 346 g/mol. The van der Waals surface area contributed by atoms with E-state index in [9.17, 15) is 4.79 Å². The molecule has 0 saturated carbocycles. The number of halogens is 2. The first-order chi connectivity index (χ1) is 11.1. The van der Waals surface area contributed by atoms with Crippen molar-refractivity contribution >= 4 is 29.1 Å². The molecule has 1 heterocycles. The fraction of sp³-hybridized carbons (Fsp3) is 0.0556. The van der Waals surface area contributed by atoms with Crippen molar-refractivity contribution in [2.75, 3.05) is 7.11 Å². The van der Waals surface area contributed by atoms with Crippen molar-refractivity contribution in [3.05, 3.63) is 76.5 Å². The molecule has 2 aromatic carbocycles. The summed E-state index contributed by atoms with van der Waals surface area (Å²) in [6.07, 6.45) is 3.47. The lowest BCUT2D eigenvalue weighted by atomic mass is 10.1. The molecule has 0 radical (unpaired) electrons. The van der Waals surface area contributed by atoms with Gasteiger partial charge in [0.15, 0.2) is 0 Å². The summed E-state index contributed by atoms with van der Waals surface area (Å²) in [5, 5.41) is 0.980. The molecular formula is C18H13Cl2NO2. The van der Waals surface area contributed by atoms with Crippen LogP contribution < -0.4 is 4.74 Å².